The van der Waals surface area contributed by atoms with Crippen LogP contribution >= 0.6 is 11.7 Å². The van der Waals surface area contributed by atoms with Gasteiger partial charge in [0.2, 0.25) is 5.88 Å². The van der Waals surface area contributed by atoms with Crippen molar-refractivity contribution in [2.75, 3.05) is 13.2 Å². The summed E-state index contributed by atoms with van der Waals surface area (Å²) in [7, 11) is 0. The second-order valence-corrected chi connectivity index (χ2v) is 4.57. The molecule has 0 aliphatic heterocycles. The minimum Gasteiger partial charge on any atom is -0.473 e. The van der Waals surface area contributed by atoms with Crippen LogP contribution in [-0.4, -0.2) is 39.2 Å². The summed E-state index contributed by atoms with van der Waals surface area (Å²) < 4.78 is 13.0. The van der Waals surface area contributed by atoms with Crippen molar-refractivity contribution < 1.29 is 9.84 Å². The number of ether oxygens (including phenoxy) is 1. The van der Waals surface area contributed by atoms with E-state index in [0.29, 0.717) is 18.5 Å². The van der Waals surface area contributed by atoms with E-state index in [1.54, 1.807) is 6.20 Å². The molecule has 0 saturated carbocycles. The van der Waals surface area contributed by atoms with Crippen molar-refractivity contribution in [3.05, 3.63) is 6.20 Å². The first kappa shape index (κ1) is 14.3. The average molecular weight is 259 g/mol. The molecule has 0 aliphatic rings. The quantitative estimate of drug-likeness (QED) is 0.702. The van der Waals surface area contributed by atoms with Crippen LogP contribution in [0.2, 0.25) is 0 Å². The van der Waals surface area contributed by atoms with Crippen LogP contribution in [0.3, 0.4) is 0 Å². The van der Waals surface area contributed by atoms with Crippen LogP contribution in [0.4, 0.5) is 0 Å². The van der Waals surface area contributed by atoms with Gasteiger partial charge in [0.05, 0.1) is 11.7 Å². The molecule has 0 saturated heterocycles. The molecule has 0 bridgehead atoms. The molecule has 0 aromatic carbocycles. The topological polar surface area (TPSA) is 67.3 Å². The third kappa shape index (κ3) is 5.95. The molecular weight excluding hydrogens is 238 g/mol. The molecule has 0 radical (unpaired) electrons. The van der Waals surface area contributed by atoms with Crippen LogP contribution < -0.4 is 10.1 Å². The summed E-state index contributed by atoms with van der Waals surface area (Å²) >= 11 is 1.10. The smallest absolute Gasteiger partial charge is 0.245 e. The molecule has 1 heterocycles. The van der Waals surface area contributed by atoms with Crippen LogP contribution in [0.5, 0.6) is 5.88 Å². The van der Waals surface area contributed by atoms with E-state index in [0.717, 1.165) is 31.0 Å². The van der Waals surface area contributed by atoms with E-state index < -0.39 is 6.10 Å². The lowest BCUT2D eigenvalue weighted by Gasteiger charge is -2.18. The Morgan fingerprint density at radius 1 is 1.53 bits per heavy atom. The third-order valence-electron chi connectivity index (χ3n) is 2.54. The molecule has 98 valence electrons. The molecule has 2 atom stereocenters. The number of nitrogens with zero attached hydrogens (tertiary/aromatic N) is 2. The molecule has 1 rings (SSSR count). The second-order valence-electron chi connectivity index (χ2n) is 4.01. The zero-order valence-electron chi connectivity index (χ0n) is 10.4. The first-order valence-electron chi connectivity index (χ1n) is 6.08. The number of aliphatic hydroxyl groups is 1. The van der Waals surface area contributed by atoms with Gasteiger partial charge in [0.25, 0.3) is 0 Å². The number of hydrogen-bond donors (Lipinski definition) is 2. The minimum absolute atomic E-state index is 0.251. The van der Waals surface area contributed by atoms with Crippen LogP contribution in [0.15, 0.2) is 6.20 Å². The Balaban J connectivity index is 2.13. The van der Waals surface area contributed by atoms with E-state index in [9.17, 15) is 5.11 Å². The lowest BCUT2D eigenvalue weighted by Crippen LogP contribution is -2.37. The lowest BCUT2D eigenvalue weighted by molar-refractivity contribution is 0.101. The zero-order valence-corrected chi connectivity index (χ0v) is 11.2. The van der Waals surface area contributed by atoms with Gasteiger partial charge in [-0.05, 0) is 12.8 Å². The van der Waals surface area contributed by atoms with Gasteiger partial charge in [-0.15, -0.1) is 4.37 Å². The fourth-order valence-corrected chi connectivity index (χ4v) is 1.93. The fraction of sp³-hybridized carbons (Fsp3) is 0.818. The zero-order chi connectivity index (χ0) is 12.5. The highest BCUT2D eigenvalue weighted by Gasteiger charge is 2.09. The van der Waals surface area contributed by atoms with Gasteiger partial charge >= 0.3 is 0 Å². The Kier molecular flexibility index (Phi) is 7.07. The van der Waals surface area contributed by atoms with Crippen molar-refractivity contribution in [3.8, 4) is 5.88 Å². The van der Waals surface area contributed by atoms with Crippen LogP contribution in [0.1, 0.15) is 33.1 Å². The Bertz CT molecular complexity index is 282. The second kappa shape index (κ2) is 8.38. The maximum atomic E-state index is 9.73. The van der Waals surface area contributed by atoms with Gasteiger partial charge in [-0.1, -0.05) is 20.3 Å². The average Bonchev–Trinajstić information content (AvgIpc) is 2.85. The number of nitrogens with one attached hydrogen (secondary N) is 1. The molecule has 1 aromatic rings. The maximum absolute atomic E-state index is 9.73. The predicted octanol–water partition coefficient (Wildman–Crippen LogP) is 1.45. The van der Waals surface area contributed by atoms with Gasteiger partial charge in [0.15, 0.2) is 0 Å². The molecule has 0 spiro atoms. The minimum atomic E-state index is -0.511. The van der Waals surface area contributed by atoms with E-state index in [1.807, 2.05) is 0 Å². The van der Waals surface area contributed by atoms with Gasteiger partial charge < -0.3 is 15.2 Å². The predicted molar refractivity (Wildman–Crippen MR) is 68.4 cm³/mol. The highest BCUT2D eigenvalue weighted by Crippen LogP contribution is 2.05. The van der Waals surface area contributed by atoms with Gasteiger partial charge in [-0.3, -0.25) is 0 Å². The van der Waals surface area contributed by atoms with Crippen molar-refractivity contribution in [2.24, 2.45) is 0 Å². The molecule has 1 aromatic heterocycles. The van der Waals surface area contributed by atoms with Crippen molar-refractivity contribution in [1.29, 1.82) is 0 Å². The van der Waals surface area contributed by atoms with Gasteiger partial charge in [-0.25, -0.2) is 0 Å². The number of rotatable bonds is 9. The SMILES string of the molecule is CCCC(CC)NCC(O)COc1cnsn1. The van der Waals surface area contributed by atoms with Crippen LogP contribution in [0, 0.1) is 0 Å². The summed E-state index contributed by atoms with van der Waals surface area (Å²) in [5.41, 5.74) is 0. The molecular formula is C11H21N3O2S. The molecule has 0 amide bonds. The van der Waals surface area contributed by atoms with Crippen molar-refractivity contribution >= 4 is 11.7 Å². The Hall–Kier alpha value is -0.720. The van der Waals surface area contributed by atoms with Gasteiger partial charge in [0, 0.05) is 12.6 Å². The van der Waals surface area contributed by atoms with Gasteiger partial charge in [-0.2, -0.15) is 4.37 Å². The molecule has 17 heavy (non-hydrogen) atoms. The van der Waals surface area contributed by atoms with Crippen LogP contribution in [-0.2, 0) is 0 Å². The van der Waals surface area contributed by atoms with E-state index in [2.05, 4.69) is 27.9 Å². The van der Waals surface area contributed by atoms with E-state index in [4.69, 9.17) is 4.74 Å². The summed E-state index contributed by atoms with van der Waals surface area (Å²) in [4.78, 5) is 0. The number of aromatic nitrogens is 2. The highest BCUT2D eigenvalue weighted by atomic mass is 32.1. The van der Waals surface area contributed by atoms with E-state index in [-0.39, 0.29) is 6.61 Å². The van der Waals surface area contributed by atoms with Gasteiger partial charge in [0.1, 0.15) is 18.9 Å². The monoisotopic (exact) mass is 259 g/mol. The summed E-state index contributed by atoms with van der Waals surface area (Å²) in [6.45, 7) is 5.12. The molecule has 5 nitrogen and oxygen atoms in total. The molecule has 0 aliphatic carbocycles. The summed E-state index contributed by atoms with van der Waals surface area (Å²) in [5, 5.41) is 13.1. The van der Waals surface area contributed by atoms with Crippen molar-refractivity contribution in [3.63, 3.8) is 0 Å². The van der Waals surface area contributed by atoms with Crippen LogP contribution in [0.25, 0.3) is 0 Å². The fourth-order valence-electron chi connectivity index (χ4n) is 1.56. The van der Waals surface area contributed by atoms with Crippen molar-refractivity contribution in [2.45, 2.75) is 45.3 Å². The highest BCUT2D eigenvalue weighted by molar-refractivity contribution is 6.99. The lowest BCUT2D eigenvalue weighted by atomic mass is 10.1. The largest absolute Gasteiger partial charge is 0.473 e. The standard InChI is InChI=1S/C11H21N3O2S/c1-3-5-9(4-2)12-6-10(15)8-16-11-7-13-17-14-11/h7,9-10,12,15H,3-6,8H2,1-2H3. The summed E-state index contributed by atoms with van der Waals surface area (Å²) in [6, 6.07) is 0.482. The van der Waals surface area contributed by atoms with E-state index in [1.165, 1.54) is 0 Å². The summed E-state index contributed by atoms with van der Waals surface area (Å²) in [5.74, 6) is 0.481. The first-order valence-corrected chi connectivity index (χ1v) is 6.81. The Morgan fingerprint density at radius 3 is 2.94 bits per heavy atom. The van der Waals surface area contributed by atoms with E-state index >= 15 is 0 Å². The number of hydrogen-bond acceptors (Lipinski definition) is 6. The van der Waals surface area contributed by atoms with Crippen molar-refractivity contribution in [1.82, 2.24) is 14.1 Å². The third-order valence-corrected chi connectivity index (χ3v) is 3.00. The normalized spacial score (nSPS) is 14.5. The molecule has 6 heteroatoms. The Labute approximate surface area is 107 Å². The molecule has 2 unspecified atom stereocenters. The summed E-state index contributed by atoms with van der Waals surface area (Å²) in [6.07, 6.45) is 4.42. The maximum Gasteiger partial charge on any atom is 0.245 e. The Morgan fingerprint density at radius 2 is 2.35 bits per heavy atom. The first-order chi connectivity index (χ1) is 8.26. The molecule has 0 fully saturated rings. The number of aliphatic hydroxyl groups excluding tert-OH is 1. The molecule has 2 N–H and O–H groups in total.